The van der Waals surface area contributed by atoms with Crippen molar-refractivity contribution in [3.63, 3.8) is 0 Å². The summed E-state index contributed by atoms with van der Waals surface area (Å²) in [7, 11) is -3.63. The lowest BCUT2D eigenvalue weighted by atomic mass is 10.1. The number of hydrogen-bond donors (Lipinski definition) is 0. The molecule has 0 aliphatic heterocycles. The van der Waals surface area contributed by atoms with E-state index in [1.165, 1.54) is 0 Å². The molecule has 3 aromatic rings. The molecule has 0 amide bonds. The fraction of sp³-hybridized carbons (Fsp3) is 0. The molecule has 0 saturated heterocycles. The first-order valence-corrected chi connectivity index (χ1v) is 8.63. The Balaban J connectivity index is 2.19. The van der Waals surface area contributed by atoms with Crippen LogP contribution in [0.2, 0.25) is 0 Å². The van der Waals surface area contributed by atoms with E-state index in [0.29, 0.717) is 5.56 Å². The Hall–Kier alpha value is -2.72. The van der Waals surface area contributed by atoms with Gasteiger partial charge in [-0.25, -0.2) is 8.42 Å². The van der Waals surface area contributed by atoms with Crippen molar-refractivity contribution < 1.29 is 8.42 Å². The summed E-state index contributed by atoms with van der Waals surface area (Å²) in [4.78, 5) is 4.56. The molecule has 0 saturated carbocycles. The summed E-state index contributed by atoms with van der Waals surface area (Å²) < 4.78 is 26.1. The zero-order chi connectivity index (χ0) is 16.1. The first-order valence-electron chi connectivity index (χ1n) is 7.15. The summed E-state index contributed by atoms with van der Waals surface area (Å²) in [6.07, 6.45) is 4.87. The van der Waals surface area contributed by atoms with Gasteiger partial charge in [-0.2, -0.15) is 0 Å². The molecule has 3 rings (SSSR count). The van der Waals surface area contributed by atoms with Gasteiger partial charge in [0.25, 0.3) is 0 Å². The van der Waals surface area contributed by atoms with Crippen LogP contribution in [0.25, 0.3) is 11.0 Å². The molecule has 2 aromatic carbocycles. The van der Waals surface area contributed by atoms with Crippen molar-refractivity contribution in [3.05, 3.63) is 96.3 Å². The van der Waals surface area contributed by atoms with Crippen molar-refractivity contribution in [2.24, 2.45) is 0 Å². The Labute approximate surface area is 135 Å². The van der Waals surface area contributed by atoms with Gasteiger partial charge < -0.3 is 0 Å². The van der Waals surface area contributed by atoms with E-state index in [2.05, 4.69) is 4.98 Å². The van der Waals surface area contributed by atoms with Crippen LogP contribution in [0.1, 0.15) is 11.1 Å². The second kappa shape index (κ2) is 6.58. The Kier molecular flexibility index (Phi) is 4.35. The molecule has 0 radical (unpaired) electrons. The Morgan fingerprint density at radius 2 is 1.48 bits per heavy atom. The van der Waals surface area contributed by atoms with Gasteiger partial charge in [0.2, 0.25) is 9.84 Å². The summed E-state index contributed by atoms with van der Waals surface area (Å²) >= 11 is 0. The molecular formula is C19H15NO2S. The summed E-state index contributed by atoms with van der Waals surface area (Å²) in [6.45, 7) is 0. The van der Waals surface area contributed by atoms with Crippen molar-refractivity contribution in [1.29, 1.82) is 0 Å². The predicted molar refractivity (Wildman–Crippen MR) is 92.2 cm³/mol. The summed E-state index contributed by atoms with van der Waals surface area (Å²) in [5, 5.41) is 0. The Morgan fingerprint density at radius 3 is 2.09 bits per heavy atom. The molecule has 1 heterocycles. The maximum Gasteiger partial charge on any atom is 0.207 e. The maximum absolute atomic E-state index is 13.0. The van der Waals surface area contributed by atoms with Gasteiger partial charge >= 0.3 is 0 Å². The lowest BCUT2D eigenvalue weighted by molar-refractivity contribution is 0.606. The van der Waals surface area contributed by atoms with Gasteiger partial charge in [0.05, 0.1) is 9.80 Å². The molecule has 0 unspecified atom stereocenters. The van der Waals surface area contributed by atoms with Crippen molar-refractivity contribution >= 4 is 20.8 Å². The number of sulfone groups is 1. The van der Waals surface area contributed by atoms with Crippen molar-refractivity contribution in [3.8, 4) is 0 Å². The summed E-state index contributed by atoms with van der Waals surface area (Å²) in [5.41, 5.74) is 1.39. The molecule has 0 bridgehead atoms. The van der Waals surface area contributed by atoms with Gasteiger partial charge in [-0.3, -0.25) is 4.98 Å². The number of hydrogen-bond acceptors (Lipinski definition) is 3. The number of pyridine rings is 1. The van der Waals surface area contributed by atoms with E-state index in [0.717, 1.165) is 5.56 Å². The van der Waals surface area contributed by atoms with Crippen LogP contribution in [0.15, 0.2) is 90.1 Å². The number of rotatable bonds is 4. The minimum absolute atomic E-state index is 0.239. The van der Waals surface area contributed by atoms with Crippen LogP contribution in [0.4, 0.5) is 0 Å². The van der Waals surface area contributed by atoms with Crippen molar-refractivity contribution in [2.45, 2.75) is 4.90 Å². The molecule has 3 nitrogen and oxygen atoms in total. The third-order valence-corrected chi connectivity index (χ3v) is 5.21. The number of aromatic nitrogens is 1. The highest BCUT2D eigenvalue weighted by molar-refractivity contribution is 8.00. The summed E-state index contributed by atoms with van der Waals surface area (Å²) in [5.74, 6) is 0. The minimum Gasteiger partial charge on any atom is -0.264 e. The van der Waals surface area contributed by atoms with Crippen molar-refractivity contribution in [2.75, 3.05) is 0 Å². The Morgan fingerprint density at radius 1 is 0.826 bits per heavy atom. The molecule has 0 aliphatic carbocycles. The SMILES string of the molecule is O=S(=O)(/C(=C\c1ccccc1)c1cccnc1)c1ccccc1. The first-order chi connectivity index (χ1) is 11.2. The minimum atomic E-state index is -3.63. The molecule has 23 heavy (non-hydrogen) atoms. The molecule has 4 heteroatoms. The molecule has 1 aromatic heterocycles. The van der Waals surface area contributed by atoms with E-state index in [4.69, 9.17) is 0 Å². The molecule has 0 fully saturated rings. The Bertz CT molecular complexity index is 903. The van der Waals surface area contributed by atoms with E-state index in [1.807, 2.05) is 30.3 Å². The highest BCUT2D eigenvalue weighted by atomic mass is 32.2. The van der Waals surface area contributed by atoms with E-state index in [1.54, 1.807) is 60.9 Å². The predicted octanol–water partition coefficient (Wildman–Crippen LogP) is 4.05. The molecule has 0 aliphatic rings. The fourth-order valence-electron chi connectivity index (χ4n) is 2.25. The average Bonchev–Trinajstić information content (AvgIpc) is 2.62. The second-order valence-corrected chi connectivity index (χ2v) is 6.90. The first kappa shape index (κ1) is 15.2. The number of nitrogens with zero attached hydrogens (tertiary/aromatic N) is 1. The molecular weight excluding hydrogens is 306 g/mol. The zero-order valence-electron chi connectivity index (χ0n) is 12.3. The van der Waals surface area contributed by atoms with Gasteiger partial charge in [-0.15, -0.1) is 0 Å². The highest BCUT2D eigenvalue weighted by Gasteiger charge is 2.22. The van der Waals surface area contributed by atoms with Gasteiger partial charge in [-0.05, 0) is 29.8 Å². The van der Waals surface area contributed by atoms with Crippen LogP contribution in [-0.2, 0) is 9.84 Å². The average molecular weight is 321 g/mol. The van der Waals surface area contributed by atoms with Crippen LogP contribution >= 0.6 is 0 Å². The quantitative estimate of drug-likeness (QED) is 0.728. The largest absolute Gasteiger partial charge is 0.264 e. The monoisotopic (exact) mass is 321 g/mol. The summed E-state index contributed by atoms with van der Waals surface area (Å²) in [6, 6.07) is 21.3. The molecule has 0 spiro atoms. The van der Waals surface area contributed by atoms with Gasteiger partial charge in [-0.1, -0.05) is 54.6 Å². The van der Waals surface area contributed by atoms with E-state index in [-0.39, 0.29) is 9.80 Å². The van der Waals surface area contributed by atoms with Crippen molar-refractivity contribution in [1.82, 2.24) is 4.98 Å². The fourth-order valence-corrected chi connectivity index (χ4v) is 3.74. The third kappa shape index (κ3) is 3.38. The normalized spacial score (nSPS) is 12.1. The van der Waals surface area contributed by atoms with Gasteiger partial charge in [0.15, 0.2) is 0 Å². The maximum atomic E-state index is 13.0. The van der Waals surface area contributed by atoms with E-state index >= 15 is 0 Å². The van der Waals surface area contributed by atoms with Crippen LogP contribution in [-0.4, -0.2) is 13.4 Å². The van der Waals surface area contributed by atoms with Crippen LogP contribution < -0.4 is 0 Å². The zero-order valence-corrected chi connectivity index (χ0v) is 13.1. The lowest BCUT2D eigenvalue weighted by Gasteiger charge is -2.10. The van der Waals surface area contributed by atoms with E-state index < -0.39 is 9.84 Å². The smallest absolute Gasteiger partial charge is 0.207 e. The molecule has 0 atom stereocenters. The van der Waals surface area contributed by atoms with Crippen LogP contribution in [0.5, 0.6) is 0 Å². The molecule has 0 N–H and O–H groups in total. The number of benzene rings is 2. The van der Waals surface area contributed by atoms with Gasteiger partial charge in [0.1, 0.15) is 0 Å². The van der Waals surface area contributed by atoms with Crippen LogP contribution in [0.3, 0.4) is 0 Å². The molecule has 114 valence electrons. The standard InChI is InChI=1S/C19H15NO2S/c21-23(22,18-11-5-2-6-12-18)19(17-10-7-13-20-15-17)14-16-8-3-1-4-9-16/h1-15H/b19-14-. The van der Waals surface area contributed by atoms with Gasteiger partial charge in [0, 0.05) is 18.0 Å². The third-order valence-electron chi connectivity index (χ3n) is 3.39. The van der Waals surface area contributed by atoms with Crippen LogP contribution in [0, 0.1) is 0 Å². The second-order valence-electron chi connectivity index (χ2n) is 4.98. The lowest BCUT2D eigenvalue weighted by Crippen LogP contribution is -2.04. The highest BCUT2D eigenvalue weighted by Crippen LogP contribution is 2.29. The topological polar surface area (TPSA) is 47.0 Å². The van der Waals surface area contributed by atoms with E-state index in [9.17, 15) is 8.42 Å².